The highest BCUT2D eigenvalue weighted by Gasteiger charge is 2.05. The molecule has 0 fully saturated rings. The normalized spacial score (nSPS) is 11.1. The minimum Gasteiger partial charge on any atom is -0.346 e. The Labute approximate surface area is 90.9 Å². The van der Waals surface area contributed by atoms with Crippen LogP contribution in [0.3, 0.4) is 0 Å². The third kappa shape index (κ3) is 1.77. The Morgan fingerprint density at radius 3 is 2.80 bits per heavy atom. The summed E-state index contributed by atoms with van der Waals surface area (Å²) in [6, 6.07) is 8.75. The van der Waals surface area contributed by atoms with Crippen molar-refractivity contribution in [3.05, 3.63) is 35.5 Å². The molecule has 2 rings (SSSR count). The van der Waals surface area contributed by atoms with Crippen LogP contribution in [-0.2, 0) is 13.6 Å². The number of nitrogens with zero attached hydrogens (tertiary/aromatic N) is 1. The van der Waals surface area contributed by atoms with Gasteiger partial charge in [-0.1, -0.05) is 19.1 Å². The third-order valence-electron chi connectivity index (χ3n) is 2.96. The van der Waals surface area contributed by atoms with Crippen molar-refractivity contribution in [1.82, 2.24) is 9.88 Å². The number of aromatic nitrogens is 1. The van der Waals surface area contributed by atoms with Crippen LogP contribution in [0, 0.1) is 6.92 Å². The van der Waals surface area contributed by atoms with Crippen LogP contribution in [0.5, 0.6) is 0 Å². The smallest absolute Gasteiger partial charge is 0.0482 e. The van der Waals surface area contributed by atoms with Gasteiger partial charge in [-0.15, -0.1) is 0 Å². The molecule has 0 aliphatic carbocycles. The molecule has 0 atom stereocenters. The molecule has 15 heavy (non-hydrogen) atoms. The fourth-order valence-electron chi connectivity index (χ4n) is 1.99. The minimum absolute atomic E-state index is 0.946. The van der Waals surface area contributed by atoms with Gasteiger partial charge in [-0.25, -0.2) is 0 Å². The van der Waals surface area contributed by atoms with Gasteiger partial charge < -0.3 is 9.88 Å². The summed E-state index contributed by atoms with van der Waals surface area (Å²) in [6.07, 6.45) is 0. The molecule has 0 bridgehead atoms. The Morgan fingerprint density at radius 1 is 1.33 bits per heavy atom. The molecule has 0 unspecified atom stereocenters. The lowest BCUT2D eigenvalue weighted by atomic mass is 10.1. The monoisotopic (exact) mass is 202 g/mol. The summed E-state index contributed by atoms with van der Waals surface area (Å²) < 4.78 is 2.27. The molecule has 0 aliphatic heterocycles. The van der Waals surface area contributed by atoms with Crippen LogP contribution in [0.1, 0.15) is 18.2 Å². The van der Waals surface area contributed by atoms with E-state index in [2.05, 4.69) is 55.0 Å². The second-order valence-electron chi connectivity index (χ2n) is 3.98. The first-order valence-electron chi connectivity index (χ1n) is 5.48. The van der Waals surface area contributed by atoms with E-state index in [0.717, 1.165) is 13.1 Å². The topological polar surface area (TPSA) is 17.0 Å². The van der Waals surface area contributed by atoms with Gasteiger partial charge >= 0.3 is 0 Å². The fraction of sp³-hybridized carbons (Fsp3) is 0.385. The van der Waals surface area contributed by atoms with Gasteiger partial charge in [0.2, 0.25) is 0 Å². The second kappa shape index (κ2) is 4.07. The highest BCUT2D eigenvalue weighted by Crippen LogP contribution is 2.21. The maximum Gasteiger partial charge on any atom is 0.0482 e. The molecule has 80 valence electrons. The molecule has 0 saturated carbocycles. The lowest BCUT2D eigenvalue weighted by Gasteiger charge is -2.04. The average Bonchev–Trinajstić information content (AvgIpc) is 2.55. The van der Waals surface area contributed by atoms with Gasteiger partial charge in [0.1, 0.15) is 0 Å². The Balaban J connectivity index is 2.49. The molecule has 2 heteroatoms. The van der Waals surface area contributed by atoms with Crippen molar-refractivity contribution in [2.24, 2.45) is 7.05 Å². The van der Waals surface area contributed by atoms with Gasteiger partial charge in [-0.2, -0.15) is 0 Å². The number of aryl methyl sites for hydroxylation is 2. The van der Waals surface area contributed by atoms with Gasteiger partial charge in [0.15, 0.2) is 0 Å². The molecule has 0 radical (unpaired) electrons. The maximum atomic E-state index is 3.36. The van der Waals surface area contributed by atoms with E-state index in [9.17, 15) is 0 Å². The number of hydrogen-bond acceptors (Lipinski definition) is 1. The van der Waals surface area contributed by atoms with Crippen molar-refractivity contribution >= 4 is 10.9 Å². The van der Waals surface area contributed by atoms with Gasteiger partial charge in [0.25, 0.3) is 0 Å². The molecule has 2 aromatic rings. The van der Waals surface area contributed by atoms with Gasteiger partial charge in [-0.05, 0) is 31.2 Å². The molecule has 2 nitrogen and oxygen atoms in total. The summed E-state index contributed by atoms with van der Waals surface area (Å²) in [5, 5.41) is 4.73. The molecule has 1 N–H and O–H groups in total. The Hall–Kier alpha value is -1.28. The predicted octanol–water partition coefficient (Wildman–Crippen LogP) is 2.60. The second-order valence-corrected chi connectivity index (χ2v) is 3.98. The zero-order valence-corrected chi connectivity index (χ0v) is 9.67. The van der Waals surface area contributed by atoms with Gasteiger partial charge in [-0.3, -0.25) is 0 Å². The van der Waals surface area contributed by atoms with E-state index < -0.39 is 0 Å². The van der Waals surface area contributed by atoms with Crippen molar-refractivity contribution in [2.75, 3.05) is 6.54 Å². The SMILES string of the molecule is CCNCc1cc2c(C)cccc2n1C. The summed E-state index contributed by atoms with van der Waals surface area (Å²) in [5.74, 6) is 0. The van der Waals surface area contributed by atoms with Gasteiger partial charge in [0, 0.05) is 30.2 Å². The number of hydrogen-bond donors (Lipinski definition) is 1. The fourth-order valence-corrected chi connectivity index (χ4v) is 1.99. The van der Waals surface area contributed by atoms with E-state index in [1.807, 2.05) is 0 Å². The largest absolute Gasteiger partial charge is 0.346 e. The van der Waals surface area contributed by atoms with Crippen LogP contribution < -0.4 is 5.32 Å². The Bertz CT molecular complexity index is 469. The number of nitrogens with one attached hydrogen (secondary N) is 1. The first-order chi connectivity index (χ1) is 7.24. The predicted molar refractivity (Wildman–Crippen MR) is 65.0 cm³/mol. The van der Waals surface area contributed by atoms with E-state index >= 15 is 0 Å². The van der Waals surface area contributed by atoms with Crippen LogP contribution in [0.2, 0.25) is 0 Å². The third-order valence-corrected chi connectivity index (χ3v) is 2.96. The summed E-state index contributed by atoms with van der Waals surface area (Å²) in [6.45, 7) is 6.26. The summed E-state index contributed by atoms with van der Waals surface area (Å²) in [5.41, 5.74) is 4.02. The van der Waals surface area contributed by atoms with E-state index in [1.54, 1.807) is 0 Å². The first-order valence-corrected chi connectivity index (χ1v) is 5.48. The van der Waals surface area contributed by atoms with Crippen LogP contribution in [0.15, 0.2) is 24.3 Å². The van der Waals surface area contributed by atoms with Crippen LogP contribution >= 0.6 is 0 Å². The minimum atomic E-state index is 0.946. The molecule has 0 spiro atoms. The van der Waals surface area contributed by atoms with Gasteiger partial charge in [0.05, 0.1) is 0 Å². The quantitative estimate of drug-likeness (QED) is 0.809. The van der Waals surface area contributed by atoms with Crippen LogP contribution in [0.4, 0.5) is 0 Å². The molecule has 1 aromatic carbocycles. The first kappa shape index (κ1) is 10.2. The van der Waals surface area contributed by atoms with Crippen LogP contribution in [-0.4, -0.2) is 11.1 Å². The van der Waals surface area contributed by atoms with E-state index in [1.165, 1.54) is 22.2 Å². The highest BCUT2D eigenvalue weighted by atomic mass is 15.0. The molecular formula is C13H18N2. The average molecular weight is 202 g/mol. The van der Waals surface area contributed by atoms with Crippen molar-refractivity contribution in [3.8, 4) is 0 Å². The summed E-state index contributed by atoms with van der Waals surface area (Å²) in [7, 11) is 2.13. The highest BCUT2D eigenvalue weighted by molar-refractivity contribution is 5.84. The zero-order chi connectivity index (χ0) is 10.8. The van der Waals surface area contributed by atoms with E-state index in [-0.39, 0.29) is 0 Å². The molecule has 1 heterocycles. The van der Waals surface area contributed by atoms with Crippen molar-refractivity contribution in [1.29, 1.82) is 0 Å². The number of fused-ring (bicyclic) bond motifs is 1. The maximum absolute atomic E-state index is 3.36. The number of rotatable bonds is 3. The lowest BCUT2D eigenvalue weighted by molar-refractivity contribution is 0.686. The van der Waals surface area contributed by atoms with Crippen LogP contribution in [0.25, 0.3) is 10.9 Å². The number of benzene rings is 1. The molecule has 0 amide bonds. The Morgan fingerprint density at radius 2 is 2.13 bits per heavy atom. The molecular weight excluding hydrogens is 184 g/mol. The lowest BCUT2D eigenvalue weighted by Crippen LogP contribution is -2.14. The van der Waals surface area contributed by atoms with Crippen molar-refractivity contribution in [3.63, 3.8) is 0 Å². The molecule has 0 saturated heterocycles. The molecule has 0 aliphatic rings. The Kier molecular flexibility index (Phi) is 2.78. The zero-order valence-electron chi connectivity index (χ0n) is 9.67. The summed E-state index contributed by atoms with van der Waals surface area (Å²) in [4.78, 5) is 0. The van der Waals surface area contributed by atoms with Crippen molar-refractivity contribution < 1.29 is 0 Å². The van der Waals surface area contributed by atoms with Crippen molar-refractivity contribution in [2.45, 2.75) is 20.4 Å². The summed E-state index contributed by atoms with van der Waals surface area (Å²) >= 11 is 0. The van der Waals surface area contributed by atoms with E-state index in [0.29, 0.717) is 0 Å². The standard InChI is InChI=1S/C13H18N2/c1-4-14-9-11-8-12-10(2)6-5-7-13(12)15(11)3/h5-8,14H,4,9H2,1-3H3. The van der Waals surface area contributed by atoms with E-state index in [4.69, 9.17) is 0 Å². The molecule has 1 aromatic heterocycles.